The van der Waals surface area contributed by atoms with Gasteiger partial charge >= 0.3 is 5.97 Å². The first kappa shape index (κ1) is 22.2. The molecule has 0 aliphatic carbocycles. The molecule has 2 amide bonds. The minimum atomic E-state index is -0.657. The van der Waals surface area contributed by atoms with E-state index in [-0.39, 0.29) is 23.8 Å². The second-order valence-electron chi connectivity index (χ2n) is 5.82. The molecule has 2 aromatic carbocycles. The lowest BCUT2D eigenvalue weighted by molar-refractivity contribution is -0.147. The summed E-state index contributed by atoms with van der Waals surface area (Å²) in [6.07, 6.45) is -0.206. The van der Waals surface area contributed by atoms with Gasteiger partial charge in [-0.15, -0.1) is 0 Å². The second kappa shape index (κ2) is 10.5. The predicted molar refractivity (Wildman–Crippen MR) is 113 cm³/mol. The largest absolute Gasteiger partial charge is 0.456 e. The highest BCUT2D eigenvalue weighted by Gasteiger charge is 2.13. The zero-order chi connectivity index (χ0) is 20.7. The number of ether oxygens (including phenoxy) is 1. The highest BCUT2D eigenvalue weighted by atomic mass is 79.9. The fraction of sp³-hybridized carbons (Fsp3) is 0.211. The van der Waals surface area contributed by atoms with Crippen LogP contribution in [0.3, 0.4) is 0 Å². The summed E-state index contributed by atoms with van der Waals surface area (Å²) in [6.45, 7) is 1.37. The summed E-state index contributed by atoms with van der Waals surface area (Å²) in [5.74, 6) is -1.54. The summed E-state index contributed by atoms with van der Waals surface area (Å²) in [6, 6.07) is 10.2. The first-order valence-electron chi connectivity index (χ1n) is 8.21. The molecule has 0 fully saturated rings. The highest BCUT2D eigenvalue weighted by Crippen LogP contribution is 2.29. The third-order valence-corrected chi connectivity index (χ3v) is 4.92. The summed E-state index contributed by atoms with van der Waals surface area (Å²) >= 11 is 15.2. The van der Waals surface area contributed by atoms with Gasteiger partial charge < -0.3 is 15.4 Å². The number of benzene rings is 2. The van der Waals surface area contributed by atoms with E-state index in [1.807, 2.05) is 19.1 Å². The Morgan fingerprint density at radius 3 is 2.43 bits per heavy atom. The molecular weight excluding hydrogens is 471 g/mol. The lowest BCUT2D eigenvalue weighted by Crippen LogP contribution is -2.22. The van der Waals surface area contributed by atoms with Crippen molar-refractivity contribution < 1.29 is 19.1 Å². The molecule has 2 aromatic rings. The van der Waals surface area contributed by atoms with Gasteiger partial charge in [-0.05, 0) is 42.8 Å². The lowest BCUT2D eigenvalue weighted by Gasteiger charge is -2.10. The molecule has 0 spiro atoms. The Bertz CT molecular complexity index is 905. The van der Waals surface area contributed by atoms with E-state index >= 15 is 0 Å². The van der Waals surface area contributed by atoms with Crippen LogP contribution < -0.4 is 10.6 Å². The quantitative estimate of drug-likeness (QED) is 0.540. The molecule has 148 valence electrons. The summed E-state index contributed by atoms with van der Waals surface area (Å²) in [5, 5.41) is 5.72. The van der Waals surface area contributed by atoms with Crippen LogP contribution in [-0.4, -0.2) is 24.4 Å². The SMILES string of the molecule is Cc1cc(Br)ccc1NC(=O)CCC(=O)OCC(=O)Nc1cccc(Cl)c1Cl. The van der Waals surface area contributed by atoms with E-state index in [9.17, 15) is 14.4 Å². The van der Waals surface area contributed by atoms with Crippen molar-refractivity contribution in [3.05, 3.63) is 56.5 Å². The maximum Gasteiger partial charge on any atom is 0.306 e. The van der Waals surface area contributed by atoms with Gasteiger partial charge in [0.15, 0.2) is 6.61 Å². The smallest absolute Gasteiger partial charge is 0.306 e. The maximum atomic E-state index is 12.0. The van der Waals surface area contributed by atoms with Gasteiger partial charge in [0.2, 0.25) is 5.91 Å². The molecule has 0 aromatic heterocycles. The topological polar surface area (TPSA) is 84.5 Å². The van der Waals surface area contributed by atoms with Crippen LogP contribution >= 0.6 is 39.1 Å². The van der Waals surface area contributed by atoms with Crippen LogP contribution in [-0.2, 0) is 19.1 Å². The molecule has 0 heterocycles. The molecule has 0 bridgehead atoms. The van der Waals surface area contributed by atoms with E-state index in [4.69, 9.17) is 27.9 Å². The van der Waals surface area contributed by atoms with Crippen molar-refractivity contribution in [3.8, 4) is 0 Å². The molecule has 0 atom stereocenters. The Kier molecular flexibility index (Phi) is 8.29. The van der Waals surface area contributed by atoms with Crippen LogP contribution in [0, 0.1) is 6.92 Å². The van der Waals surface area contributed by atoms with Gasteiger partial charge in [0.1, 0.15) is 0 Å². The van der Waals surface area contributed by atoms with Crippen molar-refractivity contribution in [2.75, 3.05) is 17.2 Å². The standard InChI is InChI=1S/C19H17BrCl2N2O4/c1-11-9-12(20)5-6-14(11)23-16(25)7-8-18(27)28-10-17(26)24-15-4-2-3-13(21)19(15)22/h2-6,9H,7-8,10H2,1H3,(H,23,25)(H,24,26). The van der Waals surface area contributed by atoms with Crippen LogP contribution in [0.5, 0.6) is 0 Å². The molecule has 0 aliphatic heterocycles. The van der Waals surface area contributed by atoms with Crippen molar-refractivity contribution in [2.24, 2.45) is 0 Å². The molecular formula is C19H17BrCl2N2O4. The fourth-order valence-corrected chi connectivity index (χ4v) is 3.02. The number of aryl methyl sites for hydroxylation is 1. The van der Waals surface area contributed by atoms with Crippen LogP contribution in [0.1, 0.15) is 18.4 Å². The Morgan fingerprint density at radius 1 is 1.00 bits per heavy atom. The van der Waals surface area contributed by atoms with Gasteiger partial charge in [0, 0.05) is 16.6 Å². The third kappa shape index (κ3) is 6.82. The zero-order valence-corrected chi connectivity index (χ0v) is 18.0. The molecule has 9 heteroatoms. The van der Waals surface area contributed by atoms with Crippen LogP contribution in [0.2, 0.25) is 10.0 Å². The Labute approximate surface area is 180 Å². The second-order valence-corrected chi connectivity index (χ2v) is 7.52. The molecule has 0 unspecified atom stereocenters. The van der Waals surface area contributed by atoms with Gasteiger partial charge in [0.25, 0.3) is 5.91 Å². The van der Waals surface area contributed by atoms with Crippen LogP contribution in [0.4, 0.5) is 11.4 Å². The van der Waals surface area contributed by atoms with Crippen LogP contribution in [0.15, 0.2) is 40.9 Å². The summed E-state index contributed by atoms with van der Waals surface area (Å²) in [5.41, 5.74) is 1.88. The number of amides is 2. The third-order valence-electron chi connectivity index (χ3n) is 3.61. The number of hydrogen-bond acceptors (Lipinski definition) is 4. The number of hydrogen-bond donors (Lipinski definition) is 2. The monoisotopic (exact) mass is 486 g/mol. The Balaban J connectivity index is 1.74. The number of rotatable bonds is 7. The number of anilines is 2. The number of esters is 1. The Morgan fingerprint density at radius 2 is 1.71 bits per heavy atom. The van der Waals surface area contributed by atoms with E-state index in [2.05, 4.69) is 26.6 Å². The van der Waals surface area contributed by atoms with Gasteiger partial charge in [-0.1, -0.05) is 45.2 Å². The highest BCUT2D eigenvalue weighted by molar-refractivity contribution is 9.10. The molecule has 2 rings (SSSR count). The molecule has 0 saturated heterocycles. The van der Waals surface area contributed by atoms with E-state index in [1.165, 1.54) is 0 Å². The average molecular weight is 488 g/mol. The molecule has 6 nitrogen and oxygen atoms in total. The summed E-state index contributed by atoms with van der Waals surface area (Å²) in [4.78, 5) is 35.6. The van der Waals surface area contributed by atoms with Crippen molar-refractivity contribution >= 4 is 68.3 Å². The number of carbonyl (C=O) groups excluding carboxylic acids is 3. The molecule has 2 N–H and O–H groups in total. The van der Waals surface area contributed by atoms with E-state index in [1.54, 1.807) is 24.3 Å². The van der Waals surface area contributed by atoms with Gasteiger partial charge in [-0.3, -0.25) is 14.4 Å². The Hall–Kier alpha value is -2.09. The van der Waals surface area contributed by atoms with Gasteiger partial charge in [-0.2, -0.15) is 0 Å². The van der Waals surface area contributed by atoms with E-state index < -0.39 is 18.5 Å². The fourth-order valence-electron chi connectivity index (χ4n) is 2.20. The van der Waals surface area contributed by atoms with Crippen molar-refractivity contribution in [1.82, 2.24) is 0 Å². The molecule has 0 aliphatic rings. The number of halogens is 3. The molecule has 28 heavy (non-hydrogen) atoms. The number of nitrogens with one attached hydrogen (secondary N) is 2. The van der Waals surface area contributed by atoms with Gasteiger partial charge in [-0.25, -0.2) is 0 Å². The molecule has 0 radical (unpaired) electrons. The average Bonchev–Trinajstić information content (AvgIpc) is 2.64. The molecule has 0 saturated carbocycles. The minimum absolute atomic E-state index is 0.0594. The lowest BCUT2D eigenvalue weighted by atomic mass is 10.2. The van der Waals surface area contributed by atoms with E-state index in [0.717, 1.165) is 10.0 Å². The first-order valence-corrected chi connectivity index (χ1v) is 9.76. The first-order chi connectivity index (χ1) is 13.3. The maximum absolute atomic E-state index is 12.0. The number of carbonyl (C=O) groups is 3. The van der Waals surface area contributed by atoms with Crippen molar-refractivity contribution in [2.45, 2.75) is 19.8 Å². The van der Waals surface area contributed by atoms with Gasteiger partial charge in [0.05, 0.1) is 22.2 Å². The van der Waals surface area contributed by atoms with E-state index in [0.29, 0.717) is 16.4 Å². The van der Waals surface area contributed by atoms with Crippen molar-refractivity contribution in [1.29, 1.82) is 0 Å². The zero-order valence-electron chi connectivity index (χ0n) is 14.9. The summed E-state index contributed by atoms with van der Waals surface area (Å²) < 4.78 is 5.78. The summed E-state index contributed by atoms with van der Waals surface area (Å²) in [7, 11) is 0. The minimum Gasteiger partial charge on any atom is -0.456 e. The predicted octanol–water partition coefficient (Wildman–Crippen LogP) is 4.96. The normalized spacial score (nSPS) is 10.3. The van der Waals surface area contributed by atoms with Crippen molar-refractivity contribution in [3.63, 3.8) is 0 Å². The van der Waals surface area contributed by atoms with Crippen LogP contribution in [0.25, 0.3) is 0 Å².